The molecule has 1 aliphatic heterocycles. The Morgan fingerprint density at radius 2 is 2.15 bits per heavy atom. The molecule has 0 bridgehead atoms. The van der Waals surface area contributed by atoms with Gasteiger partial charge in [-0.25, -0.2) is 15.0 Å². The minimum absolute atomic E-state index is 0.533. The molecule has 2 aromatic heterocycles. The lowest BCUT2D eigenvalue weighted by Gasteiger charge is -2.37. The first-order chi connectivity index (χ1) is 9.92. The zero-order valence-corrected chi connectivity index (χ0v) is 11.5. The lowest BCUT2D eigenvalue weighted by atomic mass is 10.0. The highest BCUT2D eigenvalue weighted by atomic mass is 15.3. The second-order valence-electron chi connectivity index (χ2n) is 5.82. The summed E-state index contributed by atoms with van der Waals surface area (Å²) in [6.45, 7) is 2.13. The molecule has 1 atom stereocenters. The first-order valence-electron chi connectivity index (χ1n) is 7.56. The molecule has 1 saturated carbocycles. The maximum absolute atomic E-state index is 4.51. The summed E-state index contributed by atoms with van der Waals surface area (Å²) in [5, 5.41) is 3.66. The van der Waals surface area contributed by atoms with Crippen molar-refractivity contribution >= 4 is 17.0 Å². The quantitative estimate of drug-likeness (QED) is 0.882. The molecule has 4 rings (SSSR count). The molecule has 3 heterocycles. The minimum Gasteiger partial charge on any atom is -0.350 e. The van der Waals surface area contributed by atoms with Crippen LogP contribution in [0.15, 0.2) is 12.7 Å². The van der Waals surface area contributed by atoms with Gasteiger partial charge < -0.3 is 15.2 Å². The van der Waals surface area contributed by atoms with E-state index in [0.717, 1.165) is 36.1 Å². The number of rotatable bonds is 4. The SMILES string of the molecule is c1nc(N2CCCCC2CNC2CC2)c2[nH]cnc2n1. The van der Waals surface area contributed by atoms with Gasteiger partial charge in [0.15, 0.2) is 11.5 Å². The largest absolute Gasteiger partial charge is 0.350 e. The van der Waals surface area contributed by atoms with Crippen LogP contribution in [0.3, 0.4) is 0 Å². The Labute approximate surface area is 118 Å². The van der Waals surface area contributed by atoms with Gasteiger partial charge in [0.05, 0.1) is 6.33 Å². The van der Waals surface area contributed by atoms with Crippen molar-refractivity contribution in [1.29, 1.82) is 0 Å². The van der Waals surface area contributed by atoms with E-state index in [9.17, 15) is 0 Å². The molecule has 0 radical (unpaired) electrons. The third-order valence-corrected chi connectivity index (χ3v) is 4.32. The average Bonchev–Trinajstić information content (AvgIpc) is 3.20. The molecule has 106 valence electrons. The molecule has 6 nitrogen and oxygen atoms in total. The summed E-state index contributed by atoms with van der Waals surface area (Å²) in [6.07, 6.45) is 9.78. The predicted molar refractivity (Wildman–Crippen MR) is 77.7 cm³/mol. The number of nitrogens with one attached hydrogen (secondary N) is 2. The standard InChI is InChI=1S/C14H20N6/c1-2-6-20(11(3-1)7-15-10-4-5-10)14-12-13(17-8-16-12)18-9-19-14/h8-11,15H,1-7H2,(H,16,17,18,19). The predicted octanol–water partition coefficient (Wildman–Crippen LogP) is 1.46. The smallest absolute Gasteiger partial charge is 0.182 e. The Morgan fingerprint density at radius 3 is 3.05 bits per heavy atom. The number of anilines is 1. The number of H-pyrrole nitrogens is 1. The number of piperidine rings is 1. The van der Waals surface area contributed by atoms with Crippen molar-refractivity contribution in [3.8, 4) is 0 Å². The lowest BCUT2D eigenvalue weighted by Crippen LogP contribution is -2.46. The average molecular weight is 272 g/mol. The zero-order valence-electron chi connectivity index (χ0n) is 11.5. The fraction of sp³-hybridized carbons (Fsp3) is 0.643. The highest BCUT2D eigenvalue weighted by molar-refractivity contribution is 5.82. The Hall–Kier alpha value is -1.69. The van der Waals surface area contributed by atoms with E-state index in [1.807, 2.05) is 0 Å². The number of aromatic nitrogens is 4. The number of imidazole rings is 1. The molecule has 20 heavy (non-hydrogen) atoms. The monoisotopic (exact) mass is 272 g/mol. The summed E-state index contributed by atoms with van der Waals surface area (Å²) in [5.74, 6) is 1.01. The maximum atomic E-state index is 4.51. The van der Waals surface area contributed by atoms with E-state index in [-0.39, 0.29) is 0 Å². The molecule has 1 saturated heterocycles. The van der Waals surface area contributed by atoms with Crippen LogP contribution in [0.2, 0.25) is 0 Å². The van der Waals surface area contributed by atoms with Crippen molar-refractivity contribution in [1.82, 2.24) is 25.3 Å². The van der Waals surface area contributed by atoms with Gasteiger partial charge in [-0.05, 0) is 32.1 Å². The van der Waals surface area contributed by atoms with E-state index >= 15 is 0 Å². The molecular formula is C14H20N6. The molecule has 2 N–H and O–H groups in total. The van der Waals surface area contributed by atoms with Crippen LogP contribution in [0, 0.1) is 0 Å². The third-order valence-electron chi connectivity index (χ3n) is 4.32. The van der Waals surface area contributed by atoms with E-state index in [1.54, 1.807) is 12.7 Å². The molecule has 2 aromatic rings. The van der Waals surface area contributed by atoms with Crippen LogP contribution in [0.25, 0.3) is 11.2 Å². The van der Waals surface area contributed by atoms with Crippen molar-refractivity contribution in [3.63, 3.8) is 0 Å². The highest BCUT2D eigenvalue weighted by Gasteiger charge is 2.28. The molecule has 6 heteroatoms. The topological polar surface area (TPSA) is 69.7 Å². The number of fused-ring (bicyclic) bond motifs is 1. The second kappa shape index (κ2) is 5.01. The van der Waals surface area contributed by atoms with Crippen molar-refractivity contribution in [2.75, 3.05) is 18.0 Å². The van der Waals surface area contributed by atoms with Crippen LogP contribution in [0.5, 0.6) is 0 Å². The summed E-state index contributed by atoms with van der Waals surface area (Å²) in [7, 11) is 0. The number of nitrogens with zero attached hydrogens (tertiary/aromatic N) is 4. The molecule has 2 aliphatic rings. The Balaban J connectivity index is 1.61. The fourth-order valence-electron chi connectivity index (χ4n) is 3.05. The van der Waals surface area contributed by atoms with E-state index in [2.05, 4.69) is 30.2 Å². The van der Waals surface area contributed by atoms with Gasteiger partial charge in [-0.3, -0.25) is 0 Å². The molecule has 0 spiro atoms. The summed E-state index contributed by atoms with van der Waals surface area (Å²) >= 11 is 0. The number of aromatic amines is 1. The summed E-state index contributed by atoms with van der Waals surface area (Å²) in [5.41, 5.74) is 1.72. The Morgan fingerprint density at radius 1 is 1.20 bits per heavy atom. The molecular weight excluding hydrogens is 252 g/mol. The van der Waals surface area contributed by atoms with Gasteiger partial charge in [0.2, 0.25) is 0 Å². The zero-order chi connectivity index (χ0) is 13.4. The molecule has 2 fully saturated rings. The molecule has 1 aliphatic carbocycles. The van der Waals surface area contributed by atoms with Gasteiger partial charge in [0.25, 0.3) is 0 Å². The van der Waals surface area contributed by atoms with Crippen LogP contribution in [0.1, 0.15) is 32.1 Å². The summed E-state index contributed by atoms with van der Waals surface area (Å²) < 4.78 is 0. The second-order valence-corrected chi connectivity index (χ2v) is 5.82. The van der Waals surface area contributed by atoms with Gasteiger partial charge in [0, 0.05) is 25.2 Å². The Kier molecular flexibility index (Phi) is 3.03. The Bertz CT molecular complexity index is 590. The van der Waals surface area contributed by atoms with Crippen LogP contribution < -0.4 is 10.2 Å². The van der Waals surface area contributed by atoms with Gasteiger partial charge in [-0.15, -0.1) is 0 Å². The highest BCUT2D eigenvalue weighted by Crippen LogP contribution is 2.27. The third kappa shape index (κ3) is 2.24. The van der Waals surface area contributed by atoms with E-state index in [1.165, 1.54) is 32.1 Å². The molecule has 0 aromatic carbocycles. The van der Waals surface area contributed by atoms with Gasteiger partial charge in [-0.2, -0.15) is 0 Å². The van der Waals surface area contributed by atoms with Gasteiger partial charge >= 0.3 is 0 Å². The first-order valence-corrected chi connectivity index (χ1v) is 7.56. The van der Waals surface area contributed by atoms with Crippen LogP contribution in [-0.4, -0.2) is 45.1 Å². The van der Waals surface area contributed by atoms with Crippen molar-refractivity contribution in [2.45, 2.75) is 44.2 Å². The van der Waals surface area contributed by atoms with Gasteiger partial charge in [-0.1, -0.05) is 0 Å². The van der Waals surface area contributed by atoms with Gasteiger partial charge in [0.1, 0.15) is 11.8 Å². The molecule has 1 unspecified atom stereocenters. The number of hydrogen-bond donors (Lipinski definition) is 2. The lowest BCUT2D eigenvalue weighted by molar-refractivity contribution is 0.432. The maximum Gasteiger partial charge on any atom is 0.182 e. The van der Waals surface area contributed by atoms with E-state index in [4.69, 9.17) is 0 Å². The molecule has 0 amide bonds. The van der Waals surface area contributed by atoms with E-state index < -0.39 is 0 Å². The summed E-state index contributed by atoms with van der Waals surface area (Å²) in [4.78, 5) is 18.6. The number of hydrogen-bond acceptors (Lipinski definition) is 5. The van der Waals surface area contributed by atoms with Crippen LogP contribution in [0.4, 0.5) is 5.82 Å². The van der Waals surface area contributed by atoms with Crippen molar-refractivity contribution in [2.24, 2.45) is 0 Å². The van der Waals surface area contributed by atoms with Crippen molar-refractivity contribution in [3.05, 3.63) is 12.7 Å². The first kappa shape index (κ1) is 12.1. The van der Waals surface area contributed by atoms with Crippen molar-refractivity contribution < 1.29 is 0 Å². The van der Waals surface area contributed by atoms with Crippen LogP contribution >= 0.6 is 0 Å². The minimum atomic E-state index is 0.533. The fourth-order valence-corrected chi connectivity index (χ4v) is 3.05. The van der Waals surface area contributed by atoms with E-state index in [0.29, 0.717) is 6.04 Å². The normalized spacial score (nSPS) is 23.4. The summed E-state index contributed by atoms with van der Waals surface area (Å²) in [6, 6.07) is 1.29. The van der Waals surface area contributed by atoms with Crippen LogP contribution in [-0.2, 0) is 0 Å².